The molecule has 69 heavy (non-hydrogen) atoms. The van der Waals surface area contributed by atoms with E-state index < -0.39 is 0 Å². The molecule has 6 aliphatic carbocycles. The molecule has 4 N–H and O–H groups in total. The van der Waals surface area contributed by atoms with Gasteiger partial charge in [-0.25, -0.2) is 9.97 Å². The van der Waals surface area contributed by atoms with Gasteiger partial charge in [-0.3, -0.25) is 19.4 Å². The number of nitrogens with zero attached hydrogens (tertiary/aromatic N) is 5. The number of H-pyrrole nitrogens is 1. The van der Waals surface area contributed by atoms with Gasteiger partial charge in [0.05, 0.1) is 18.4 Å². The first-order valence-corrected chi connectivity index (χ1v) is 27.3. The zero-order valence-electron chi connectivity index (χ0n) is 40.9. The minimum Gasteiger partial charge on any atom is -0.508 e. The molecule has 10 atom stereocenters. The van der Waals surface area contributed by atoms with E-state index in [4.69, 9.17) is 10.1 Å². The molecule has 0 spiro atoms. The van der Waals surface area contributed by atoms with Crippen molar-refractivity contribution in [2.45, 2.75) is 165 Å². The fourth-order valence-electron chi connectivity index (χ4n) is 15.6. The molecule has 2 saturated carbocycles. The van der Waals surface area contributed by atoms with Gasteiger partial charge in [-0.2, -0.15) is 10.2 Å². The highest BCUT2D eigenvalue weighted by molar-refractivity contribution is 7.16. The van der Waals surface area contributed by atoms with Crippen LogP contribution in [-0.2, 0) is 45.2 Å². The molecular weight excluding hydrogens is 897 g/mol. The molecule has 6 unspecified atom stereocenters. The molecule has 11 nitrogen and oxygen atoms in total. The Morgan fingerprint density at radius 3 is 2.17 bits per heavy atom. The summed E-state index contributed by atoms with van der Waals surface area (Å²) in [4.78, 5) is 38.6. The molecule has 4 heterocycles. The van der Waals surface area contributed by atoms with E-state index >= 15 is 0 Å². The summed E-state index contributed by atoms with van der Waals surface area (Å²) >= 11 is 3.04. The zero-order chi connectivity index (χ0) is 47.6. The van der Waals surface area contributed by atoms with Crippen LogP contribution in [0, 0.1) is 30.6 Å². The van der Waals surface area contributed by atoms with Crippen LogP contribution >= 0.6 is 22.7 Å². The minimum atomic E-state index is -0.161. The number of amides is 2. The number of nitrogens with one attached hydrogen (secondary N) is 3. The summed E-state index contributed by atoms with van der Waals surface area (Å²) in [5.41, 5.74) is 11.6. The van der Waals surface area contributed by atoms with Crippen molar-refractivity contribution in [1.82, 2.24) is 29.9 Å². The molecule has 0 aliphatic heterocycles. The molecular formula is C56H66N8O3S2. The molecule has 13 heteroatoms. The minimum absolute atomic E-state index is 0.00345. The van der Waals surface area contributed by atoms with E-state index in [1.807, 2.05) is 25.4 Å². The third kappa shape index (κ3) is 7.53. The average molecular weight is 963 g/mol. The van der Waals surface area contributed by atoms with E-state index in [1.165, 1.54) is 74.7 Å². The molecule has 2 aromatic carbocycles. The predicted octanol–water partition coefficient (Wildman–Crippen LogP) is 11.9. The molecule has 2 fully saturated rings. The second-order valence-electron chi connectivity index (χ2n) is 23.2. The number of thiazole rings is 2. The van der Waals surface area contributed by atoms with E-state index in [0.717, 1.165) is 66.7 Å². The largest absolute Gasteiger partial charge is 0.508 e. The Hall–Kier alpha value is -5.14. The number of aromatic hydroxyl groups is 1. The highest BCUT2D eigenvalue weighted by Crippen LogP contribution is 2.66. The fraction of sp³-hybridized carbons (Fsp3) is 0.536. The summed E-state index contributed by atoms with van der Waals surface area (Å²) < 4.78 is 2.08. The van der Waals surface area contributed by atoms with Crippen molar-refractivity contribution in [2.24, 2.45) is 23.7 Å². The lowest BCUT2D eigenvalue weighted by Crippen LogP contribution is -2.45. The van der Waals surface area contributed by atoms with Crippen molar-refractivity contribution < 1.29 is 14.7 Å². The number of phenolic OH excluding ortho intramolecular Hbond substituents is 1. The SMILES string of the molecule is Cc1cnc(NC(=O)CC[C@@H]2c3cn(Cc4cnc(NC(=O)CC[C@@H]5c6cn[nH]c6[C@@]6(C)CCC7c8ccccc8CCC7C56)s4)nc3[C@@]3(C)CCC4c5cc(C(C)(C)C)c(O)cc5CCC4C23)s1. The van der Waals surface area contributed by atoms with Crippen molar-refractivity contribution in [3.8, 4) is 5.75 Å². The smallest absolute Gasteiger partial charge is 0.226 e. The van der Waals surface area contributed by atoms with E-state index in [2.05, 4.69) is 102 Å². The number of anilines is 2. The maximum atomic E-state index is 13.8. The summed E-state index contributed by atoms with van der Waals surface area (Å²) in [6.07, 6.45) is 19.1. The molecule has 360 valence electrons. The number of phenols is 1. The lowest BCUT2D eigenvalue weighted by Gasteiger charge is -2.51. The van der Waals surface area contributed by atoms with Crippen LogP contribution in [0.5, 0.6) is 5.75 Å². The first kappa shape index (κ1) is 45.0. The van der Waals surface area contributed by atoms with E-state index in [1.54, 1.807) is 11.8 Å². The summed E-state index contributed by atoms with van der Waals surface area (Å²) in [5, 5.41) is 32.1. The first-order chi connectivity index (χ1) is 33.2. The quantitative estimate of drug-likeness (QED) is 0.107. The Kier molecular flexibility index (Phi) is 10.9. The third-order valence-electron chi connectivity index (χ3n) is 18.4. The van der Waals surface area contributed by atoms with Gasteiger partial charge in [0.15, 0.2) is 10.3 Å². The van der Waals surface area contributed by atoms with Crippen molar-refractivity contribution in [3.63, 3.8) is 0 Å². The summed E-state index contributed by atoms with van der Waals surface area (Å²) in [6, 6.07) is 13.5. The highest BCUT2D eigenvalue weighted by Gasteiger charge is 2.60. The van der Waals surface area contributed by atoms with Gasteiger partial charge >= 0.3 is 0 Å². The maximum Gasteiger partial charge on any atom is 0.226 e. The average Bonchev–Trinajstić information content (AvgIpc) is 4.19. The van der Waals surface area contributed by atoms with Crippen LogP contribution in [-0.4, -0.2) is 46.9 Å². The van der Waals surface area contributed by atoms with Crippen molar-refractivity contribution in [1.29, 1.82) is 0 Å². The molecule has 6 aromatic rings. The highest BCUT2D eigenvalue weighted by atomic mass is 32.1. The molecule has 0 radical (unpaired) electrons. The summed E-state index contributed by atoms with van der Waals surface area (Å²) in [5.74, 6) is 3.75. The topological polar surface area (TPSA) is 151 Å². The number of aromatic amines is 1. The molecule has 2 amide bonds. The van der Waals surface area contributed by atoms with Gasteiger partial charge in [-0.15, -0.1) is 11.3 Å². The van der Waals surface area contributed by atoms with Crippen LogP contribution in [0.2, 0.25) is 0 Å². The Balaban J connectivity index is 0.754. The zero-order valence-corrected chi connectivity index (χ0v) is 42.5. The number of aromatic nitrogens is 6. The van der Waals surface area contributed by atoms with Gasteiger partial charge in [0.1, 0.15) is 5.75 Å². The number of aryl methyl sites for hydroxylation is 3. The number of benzene rings is 2. The molecule has 4 aromatic heterocycles. The van der Waals surface area contributed by atoms with E-state index in [-0.39, 0.29) is 34.0 Å². The first-order valence-electron chi connectivity index (χ1n) is 25.7. The number of rotatable bonds is 10. The van der Waals surface area contributed by atoms with Crippen LogP contribution in [0.1, 0.15) is 183 Å². The number of hydrogen-bond donors (Lipinski definition) is 4. The third-order valence-corrected chi connectivity index (χ3v) is 20.1. The van der Waals surface area contributed by atoms with Crippen LogP contribution in [0.3, 0.4) is 0 Å². The lowest BCUT2D eigenvalue weighted by atomic mass is 9.53. The van der Waals surface area contributed by atoms with Gasteiger partial charge in [-0.05, 0) is 169 Å². The monoisotopic (exact) mass is 962 g/mol. The van der Waals surface area contributed by atoms with Gasteiger partial charge < -0.3 is 15.7 Å². The number of fused-ring (bicyclic) bond motifs is 14. The Morgan fingerprint density at radius 1 is 0.797 bits per heavy atom. The van der Waals surface area contributed by atoms with Gasteiger partial charge in [0.2, 0.25) is 11.8 Å². The summed E-state index contributed by atoms with van der Waals surface area (Å²) in [7, 11) is 0. The number of carbonyl (C=O) groups is 2. The van der Waals surface area contributed by atoms with Crippen LogP contribution in [0.15, 0.2) is 61.2 Å². The van der Waals surface area contributed by atoms with E-state index in [9.17, 15) is 14.7 Å². The molecule has 6 aliphatic rings. The Labute approximate surface area is 413 Å². The molecule has 0 bridgehead atoms. The lowest BCUT2D eigenvalue weighted by molar-refractivity contribution is -0.117. The van der Waals surface area contributed by atoms with Gasteiger partial charge in [-0.1, -0.05) is 76.3 Å². The van der Waals surface area contributed by atoms with Crippen LogP contribution in [0.4, 0.5) is 10.3 Å². The number of carbonyl (C=O) groups excluding carboxylic acids is 2. The molecule has 12 rings (SSSR count). The van der Waals surface area contributed by atoms with Gasteiger partial charge in [0, 0.05) is 57.7 Å². The normalized spacial score (nSPS) is 29.4. The Bertz CT molecular complexity index is 2980. The van der Waals surface area contributed by atoms with Crippen molar-refractivity contribution in [3.05, 3.63) is 121 Å². The van der Waals surface area contributed by atoms with Crippen molar-refractivity contribution >= 4 is 44.8 Å². The Morgan fingerprint density at radius 2 is 1.45 bits per heavy atom. The van der Waals surface area contributed by atoms with E-state index in [0.29, 0.717) is 76.8 Å². The van der Waals surface area contributed by atoms with Crippen LogP contribution in [0.25, 0.3) is 0 Å². The second-order valence-corrected chi connectivity index (χ2v) is 25.6. The van der Waals surface area contributed by atoms with Crippen molar-refractivity contribution in [2.75, 3.05) is 10.6 Å². The predicted molar refractivity (Wildman–Crippen MR) is 273 cm³/mol. The fourth-order valence-corrected chi connectivity index (χ4v) is 17.1. The molecule has 0 saturated heterocycles. The van der Waals surface area contributed by atoms with Gasteiger partial charge in [0.25, 0.3) is 0 Å². The van der Waals surface area contributed by atoms with Crippen LogP contribution < -0.4 is 10.6 Å². The number of hydrogen-bond acceptors (Lipinski definition) is 9. The maximum absolute atomic E-state index is 13.8. The standard InChI is InChI=1S/C56H66N8O3S2/c1-30-25-57-52(68-30)60-46(66)18-16-40-43-29-64(63-51(43)56(6)22-20-36-38(49(40)56)14-12-32-23-45(65)44(24-41(32)36)54(2,3)4)28-33-26-58-53(69-33)61-47(67)17-15-39-42-27-59-62-50(42)55(5)21-19-35-34-10-8-7-9-31(34)11-13-37(35)48(39)55/h7-10,23-27,29,35-40,48-49,65H,11-22,28H2,1-6H3,(H,59,62)(H,57,60,66)(H,58,61,67)/t35?,36?,37?,38?,39-,40-,48?,49?,55+,56+/m1/s1. The summed E-state index contributed by atoms with van der Waals surface area (Å²) in [6.45, 7) is 14.0. The second kappa shape index (κ2) is 16.7.